The lowest BCUT2D eigenvalue weighted by Gasteiger charge is -2.34. The van der Waals surface area contributed by atoms with E-state index < -0.39 is 0 Å². The highest BCUT2D eigenvalue weighted by molar-refractivity contribution is 9.10. The predicted molar refractivity (Wildman–Crippen MR) is 103 cm³/mol. The van der Waals surface area contributed by atoms with Crippen LogP contribution in [0.3, 0.4) is 0 Å². The average Bonchev–Trinajstić information content (AvgIpc) is 2.51. The lowest BCUT2D eigenvalue weighted by Crippen LogP contribution is -2.46. The molecule has 2 N–H and O–H groups in total. The molecule has 1 aliphatic heterocycles. The minimum Gasteiger partial charge on any atom is -0.325 e. The van der Waals surface area contributed by atoms with E-state index in [1.165, 1.54) is 0 Å². The number of benzene rings is 1. The molecule has 0 radical (unpaired) electrons. The number of aryl methyl sites for hydroxylation is 1. The summed E-state index contributed by atoms with van der Waals surface area (Å²) < 4.78 is 1.06. The predicted octanol–water partition coefficient (Wildman–Crippen LogP) is 3.58. The van der Waals surface area contributed by atoms with Gasteiger partial charge in [-0.3, -0.25) is 9.69 Å². The molecule has 1 aliphatic rings. The van der Waals surface area contributed by atoms with Crippen LogP contribution in [0.5, 0.6) is 0 Å². The van der Waals surface area contributed by atoms with Gasteiger partial charge in [0.2, 0.25) is 5.91 Å². The lowest BCUT2D eigenvalue weighted by molar-refractivity contribution is -0.118. The van der Waals surface area contributed by atoms with Crippen LogP contribution in [0.1, 0.15) is 31.7 Å². The zero-order valence-corrected chi connectivity index (χ0v) is 16.3. The van der Waals surface area contributed by atoms with E-state index in [0.717, 1.165) is 54.6 Å². The molecule has 2 rings (SSSR count). The molecule has 0 spiro atoms. The molecule has 1 amide bonds. The van der Waals surface area contributed by atoms with Crippen molar-refractivity contribution in [3.8, 4) is 0 Å². The van der Waals surface area contributed by atoms with Gasteiger partial charge in [-0.1, -0.05) is 22.9 Å². The van der Waals surface area contributed by atoms with Crippen molar-refractivity contribution in [1.29, 1.82) is 0 Å². The molecule has 23 heavy (non-hydrogen) atoms. The molecule has 0 aromatic heterocycles. The van der Waals surface area contributed by atoms with Gasteiger partial charge in [0, 0.05) is 16.2 Å². The fourth-order valence-corrected chi connectivity index (χ4v) is 3.20. The second-order valence-corrected chi connectivity index (χ2v) is 6.82. The van der Waals surface area contributed by atoms with Crippen molar-refractivity contribution in [2.24, 2.45) is 0 Å². The molecule has 1 aromatic rings. The smallest absolute Gasteiger partial charge is 0.238 e. The molecule has 4 nitrogen and oxygen atoms in total. The van der Waals surface area contributed by atoms with Gasteiger partial charge in [-0.2, -0.15) is 0 Å². The topological polar surface area (TPSA) is 44.4 Å². The van der Waals surface area contributed by atoms with Gasteiger partial charge in [0.05, 0.1) is 6.54 Å². The minimum absolute atomic E-state index is 0. The van der Waals surface area contributed by atoms with E-state index in [-0.39, 0.29) is 18.3 Å². The number of nitrogens with one attached hydrogen (secondary N) is 2. The first kappa shape index (κ1) is 20.4. The van der Waals surface area contributed by atoms with Gasteiger partial charge in [-0.05, 0) is 69.6 Å². The van der Waals surface area contributed by atoms with Gasteiger partial charge >= 0.3 is 0 Å². The molecule has 1 saturated heterocycles. The third kappa shape index (κ3) is 6.42. The molecule has 1 heterocycles. The summed E-state index contributed by atoms with van der Waals surface area (Å²) >= 11 is 3.48. The number of carbonyl (C=O) groups is 1. The summed E-state index contributed by atoms with van der Waals surface area (Å²) in [5, 5.41) is 6.41. The number of rotatable bonds is 6. The van der Waals surface area contributed by atoms with Crippen LogP contribution in [0.4, 0.5) is 5.69 Å². The fraction of sp³-hybridized carbons (Fsp3) is 0.588. The molecule has 0 unspecified atom stereocenters. The number of piperidine rings is 1. The summed E-state index contributed by atoms with van der Waals surface area (Å²) in [7, 11) is 0. The zero-order valence-electron chi connectivity index (χ0n) is 13.9. The highest BCUT2D eigenvalue weighted by atomic mass is 79.9. The van der Waals surface area contributed by atoms with E-state index in [1.807, 2.05) is 25.1 Å². The largest absolute Gasteiger partial charge is 0.325 e. The van der Waals surface area contributed by atoms with E-state index in [9.17, 15) is 4.79 Å². The third-order valence-corrected chi connectivity index (χ3v) is 5.01. The monoisotopic (exact) mass is 403 g/mol. The lowest BCUT2D eigenvalue weighted by atomic mass is 10.0. The molecule has 1 aromatic carbocycles. The zero-order chi connectivity index (χ0) is 15.9. The highest BCUT2D eigenvalue weighted by Crippen LogP contribution is 2.20. The van der Waals surface area contributed by atoms with Crippen LogP contribution in [0.2, 0.25) is 0 Å². The Morgan fingerprint density at radius 3 is 2.70 bits per heavy atom. The molecule has 0 bridgehead atoms. The standard InChI is InChI=1S/C17H26BrN3O.ClH/c1-3-10-21(15-6-8-19-9-7-15)12-17(22)20-14-4-5-16(18)13(2)11-14;/h4-5,11,15,19H,3,6-10,12H2,1-2H3,(H,20,22);1H. The first-order valence-corrected chi connectivity index (χ1v) is 8.90. The van der Waals surface area contributed by atoms with Gasteiger partial charge in [0.1, 0.15) is 0 Å². The van der Waals surface area contributed by atoms with Crippen molar-refractivity contribution < 1.29 is 4.79 Å². The maximum absolute atomic E-state index is 12.4. The van der Waals surface area contributed by atoms with Crippen molar-refractivity contribution in [2.75, 3.05) is 31.5 Å². The van der Waals surface area contributed by atoms with Gasteiger partial charge < -0.3 is 10.6 Å². The SMILES string of the molecule is CCCN(CC(=O)Nc1ccc(Br)c(C)c1)C1CCNCC1.Cl. The molecule has 0 saturated carbocycles. The van der Waals surface area contributed by atoms with Gasteiger partial charge in [0.15, 0.2) is 0 Å². The van der Waals surface area contributed by atoms with Gasteiger partial charge in [-0.15, -0.1) is 12.4 Å². The Morgan fingerprint density at radius 1 is 1.39 bits per heavy atom. The summed E-state index contributed by atoms with van der Waals surface area (Å²) in [6.07, 6.45) is 3.34. The maximum atomic E-state index is 12.4. The van der Waals surface area contributed by atoms with Crippen molar-refractivity contribution in [2.45, 2.75) is 39.2 Å². The Morgan fingerprint density at radius 2 is 2.09 bits per heavy atom. The molecular formula is C17H27BrClN3O. The van der Waals surface area contributed by atoms with E-state index in [2.05, 4.69) is 38.4 Å². The Kier molecular flexibility index (Phi) is 9.14. The van der Waals surface area contributed by atoms with E-state index >= 15 is 0 Å². The van der Waals surface area contributed by atoms with Crippen LogP contribution in [0, 0.1) is 6.92 Å². The van der Waals surface area contributed by atoms with Crippen LogP contribution in [0.15, 0.2) is 22.7 Å². The van der Waals surface area contributed by atoms with E-state index in [4.69, 9.17) is 0 Å². The van der Waals surface area contributed by atoms with Crippen LogP contribution >= 0.6 is 28.3 Å². The molecule has 130 valence electrons. The summed E-state index contributed by atoms with van der Waals surface area (Å²) in [5.74, 6) is 0.0775. The second-order valence-electron chi connectivity index (χ2n) is 5.96. The second kappa shape index (κ2) is 10.3. The average molecular weight is 405 g/mol. The Bertz CT molecular complexity index is 507. The highest BCUT2D eigenvalue weighted by Gasteiger charge is 2.22. The van der Waals surface area contributed by atoms with Crippen molar-refractivity contribution in [3.63, 3.8) is 0 Å². The number of anilines is 1. The molecule has 0 aliphatic carbocycles. The Hall–Kier alpha value is -0.620. The first-order valence-electron chi connectivity index (χ1n) is 8.11. The normalized spacial score (nSPS) is 15.3. The fourth-order valence-electron chi connectivity index (χ4n) is 2.96. The van der Waals surface area contributed by atoms with Crippen molar-refractivity contribution in [3.05, 3.63) is 28.2 Å². The van der Waals surface area contributed by atoms with E-state index in [1.54, 1.807) is 0 Å². The third-order valence-electron chi connectivity index (χ3n) is 4.12. The van der Waals surface area contributed by atoms with Crippen LogP contribution in [-0.2, 0) is 4.79 Å². The summed E-state index contributed by atoms with van der Waals surface area (Å²) in [6.45, 7) is 7.77. The van der Waals surface area contributed by atoms with Crippen molar-refractivity contribution >= 4 is 39.9 Å². The van der Waals surface area contributed by atoms with Crippen LogP contribution < -0.4 is 10.6 Å². The number of nitrogens with zero attached hydrogens (tertiary/aromatic N) is 1. The van der Waals surface area contributed by atoms with Gasteiger partial charge in [-0.25, -0.2) is 0 Å². The van der Waals surface area contributed by atoms with Gasteiger partial charge in [0.25, 0.3) is 0 Å². The van der Waals surface area contributed by atoms with Crippen molar-refractivity contribution in [1.82, 2.24) is 10.2 Å². The number of amides is 1. The minimum atomic E-state index is 0. The van der Waals surface area contributed by atoms with Crippen LogP contribution in [-0.4, -0.2) is 43.0 Å². The van der Waals surface area contributed by atoms with E-state index in [0.29, 0.717) is 12.6 Å². The Balaban J connectivity index is 0.00000264. The van der Waals surface area contributed by atoms with Crippen LogP contribution in [0.25, 0.3) is 0 Å². The maximum Gasteiger partial charge on any atom is 0.238 e. The molecule has 1 fully saturated rings. The molecular weight excluding hydrogens is 378 g/mol. The number of carbonyl (C=O) groups excluding carboxylic acids is 1. The number of halogens is 2. The summed E-state index contributed by atoms with van der Waals surface area (Å²) in [4.78, 5) is 14.7. The molecule has 0 atom stereocenters. The quantitative estimate of drug-likeness (QED) is 0.761. The summed E-state index contributed by atoms with van der Waals surface area (Å²) in [6, 6.07) is 6.43. The Labute approximate surface area is 153 Å². The number of hydrogen-bond donors (Lipinski definition) is 2. The molecule has 6 heteroatoms. The number of hydrogen-bond acceptors (Lipinski definition) is 3. The summed E-state index contributed by atoms with van der Waals surface area (Å²) in [5.41, 5.74) is 1.99. The first-order chi connectivity index (χ1) is 10.6.